The normalized spacial score (nSPS) is 31.4. The zero-order chi connectivity index (χ0) is 14.9. The van der Waals surface area contributed by atoms with Crippen LogP contribution in [-0.2, 0) is 14.4 Å². The number of fused-ring (bicyclic) bond motifs is 1. The fourth-order valence-electron chi connectivity index (χ4n) is 3.51. The Balaban J connectivity index is 1.40. The Morgan fingerprint density at radius 1 is 1.27 bits per heavy atom. The first-order valence-corrected chi connectivity index (χ1v) is 7.93. The third-order valence-corrected chi connectivity index (χ3v) is 4.66. The first kappa shape index (κ1) is 13.9. The number of hydrogen-bond donors (Lipinski definition) is 0. The van der Waals surface area contributed by atoms with Gasteiger partial charge in [0.1, 0.15) is 6.10 Å². The summed E-state index contributed by atoms with van der Waals surface area (Å²) in [5.74, 6) is 1.16. The Morgan fingerprint density at radius 3 is 2.91 bits per heavy atom. The Hall–Kier alpha value is -1.73. The van der Waals surface area contributed by atoms with Crippen LogP contribution in [0.3, 0.4) is 0 Å². The minimum Gasteiger partial charge on any atom is -0.363 e. The molecular formula is C15H20N4O3. The van der Waals surface area contributed by atoms with Gasteiger partial charge in [-0.15, -0.1) is 0 Å². The van der Waals surface area contributed by atoms with Gasteiger partial charge in [0.25, 0.3) is 5.91 Å². The molecule has 0 aromatic carbocycles. The second-order valence-electron chi connectivity index (χ2n) is 6.07. The molecule has 22 heavy (non-hydrogen) atoms. The van der Waals surface area contributed by atoms with Crippen LogP contribution >= 0.6 is 0 Å². The molecule has 7 heteroatoms. The molecule has 118 valence electrons. The van der Waals surface area contributed by atoms with Gasteiger partial charge < -0.3 is 9.64 Å². The molecule has 0 radical (unpaired) electrons. The zero-order valence-corrected chi connectivity index (χ0v) is 12.4. The number of aromatic nitrogens is 2. The molecule has 3 atom stereocenters. The molecule has 1 amide bonds. The maximum Gasteiger partial charge on any atom is 0.275 e. The second kappa shape index (κ2) is 5.81. The number of ether oxygens (including phenoxy) is 1. The van der Waals surface area contributed by atoms with Gasteiger partial charge >= 0.3 is 0 Å². The van der Waals surface area contributed by atoms with Crippen LogP contribution in [0, 0.1) is 5.92 Å². The molecule has 0 N–H and O–H groups in total. The molecule has 3 aliphatic rings. The summed E-state index contributed by atoms with van der Waals surface area (Å²) in [4.78, 5) is 28.5. The van der Waals surface area contributed by atoms with Gasteiger partial charge in [-0.2, -0.15) is 0 Å². The number of anilines is 1. The van der Waals surface area contributed by atoms with Crippen LogP contribution in [0.5, 0.6) is 0 Å². The van der Waals surface area contributed by atoms with E-state index in [0.717, 1.165) is 38.3 Å². The highest BCUT2D eigenvalue weighted by molar-refractivity contribution is 5.80. The summed E-state index contributed by atoms with van der Waals surface area (Å²) in [6.45, 7) is 2.97. The van der Waals surface area contributed by atoms with Crippen molar-refractivity contribution in [2.75, 3.05) is 31.1 Å². The van der Waals surface area contributed by atoms with E-state index in [2.05, 4.69) is 14.9 Å². The standard InChI is InChI=1S/C15H20N4O3/c20-14(19-6-2-8-21-19)12-9-11-3-7-18(10-13(11)22-12)15-16-4-1-5-17-15/h1,4-5,11-13H,2-3,6-10H2/t11-,12-,13+/m0/s1. The number of amides is 1. The van der Waals surface area contributed by atoms with Crippen LogP contribution < -0.4 is 4.90 Å². The largest absolute Gasteiger partial charge is 0.363 e. The minimum absolute atomic E-state index is 0.0191. The summed E-state index contributed by atoms with van der Waals surface area (Å²) in [5.41, 5.74) is 0. The zero-order valence-electron chi connectivity index (χ0n) is 12.4. The highest BCUT2D eigenvalue weighted by Gasteiger charge is 2.44. The molecule has 1 aromatic heterocycles. The number of hydroxylamine groups is 2. The SMILES string of the molecule is O=C([C@@H]1C[C@@H]2CCN(c3ncccn3)C[C@H]2O1)N1CCCO1. The van der Waals surface area contributed by atoms with Crippen LogP contribution in [0.1, 0.15) is 19.3 Å². The van der Waals surface area contributed by atoms with Crippen LogP contribution in [0.15, 0.2) is 18.5 Å². The first-order valence-electron chi connectivity index (χ1n) is 7.93. The van der Waals surface area contributed by atoms with Crippen molar-refractivity contribution in [1.29, 1.82) is 0 Å². The molecule has 4 rings (SSSR count). The van der Waals surface area contributed by atoms with Gasteiger partial charge in [0.05, 0.1) is 19.3 Å². The second-order valence-corrected chi connectivity index (χ2v) is 6.07. The lowest BCUT2D eigenvalue weighted by Gasteiger charge is -2.33. The minimum atomic E-state index is -0.357. The number of carbonyl (C=O) groups is 1. The van der Waals surface area contributed by atoms with E-state index in [1.165, 1.54) is 5.06 Å². The maximum absolute atomic E-state index is 12.4. The summed E-state index contributed by atoms with van der Waals surface area (Å²) in [6, 6.07) is 1.81. The van der Waals surface area contributed by atoms with Gasteiger partial charge in [-0.05, 0) is 31.2 Å². The third kappa shape index (κ3) is 2.55. The fourth-order valence-corrected chi connectivity index (χ4v) is 3.51. The van der Waals surface area contributed by atoms with Crippen molar-refractivity contribution in [3.05, 3.63) is 18.5 Å². The predicted molar refractivity (Wildman–Crippen MR) is 77.9 cm³/mol. The predicted octanol–water partition coefficient (Wildman–Crippen LogP) is 0.624. The summed E-state index contributed by atoms with van der Waals surface area (Å²) < 4.78 is 6.02. The monoisotopic (exact) mass is 304 g/mol. The third-order valence-electron chi connectivity index (χ3n) is 4.66. The van der Waals surface area contributed by atoms with Crippen LogP contribution in [-0.4, -0.2) is 59.4 Å². The van der Waals surface area contributed by atoms with E-state index in [1.807, 2.05) is 6.07 Å². The van der Waals surface area contributed by atoms with Gasteiger partial charge in [0, 0.05) is 25.5 Å². The van der Waals surface area contributed by atoms with E-state index in [4.69, 9.17) is 9.57 Å². The van der Waals surface area contributed by atoms with Crippen molar-refractivity contribution in [1.82, 2.24) is 15.0 Å². The number of carbonyl (C=O) groups excluding carboxylic acids is 1. The molecule has 0 unspecified atom stereocenters. The van der Waals surface area contributed by atoms with E-state index >= 15 is 0 Å². The van der Waals surface area contributed by atoms with Gasteiger partial charge in [0.15, 0.2) is 0 Å². The van der Waals surface area contributed by atoms with Crippen molar-refractivity contribution >= 4 is 11.9 Å². The molecule has 0 aliphatic carbocycles. The Labute approximate surface area is 129 Å². The molecule has 7 nitrogen and oxygen atoms in total. The van der Waals surface area contributed by atoms with E-state index in [9.17, 15) is 4.79 Å². The van der Waals surface area contributed by atoms with E-state index < -0.39 is 0 Å². The molecule has 0 spiro atoms. The van der Waals surface area contributed by atoms with E-state index in [1.54, 1.807) is 12.4 Å². The van der Waals surface area contributed by atoms with Gasteiger partial charge in [0.2, 0.25) is 5.95 Å². The lowest BCUT2D eigenvalue weighted by molar-refractivity contribution is -0.180. The average Bonchev–Trinajstić information content (AvgIpc) is 3.23. The molecule has 3 aliphatic heterocycles. The Bertz CT molecular complexity index is 535. The Kier molecular flexibility index (Phi) is 3.67. The van der Waals surface area contributed by atoms with E-state index in [-0.39, 0.29) is 18.1 Å². The van der Waals surface area contributed by atoms with Crippen LogP contribution in [0.2, 0.25) is 0 Å². The van der Waals surface area contributed by atoms with E-state index in [0.29, 0.717) is 19.1 Å². The molecule has 3 saturated heterocycles. The summed E-state index contributed by atoms with van der Waals surface area (Å²) in [5, 5.41) is 1.47. The number of hydrogen-bond acceptors (Lipinski definition) is 6. The van der Waals surface area contributed by atoms with Crippen molar-refractivity contribution < 1.29 is 14.4 Å². The maximum atomic E-state index is 12.4. The topological polar surface area (TPSA) is 67.8 Å². The fraction of sp³-hybridized carbons (Fsp3) is 0.667. The molecule has 0 bridgehead atoms. The van der Waals surface area contributed by atoms with Gasteiger partial charge in [-0.1, -0.05) is 0 Å². The van der Waals surface area contributed by atoms with Crippen molar-refractivity contribution in [3.63, 3.8) is 0 Å². The number of nitrogens with zero attached hydrogens (tertiary/aromatic N) is 4. The molecular weight excluding hydrogens is 284 g/mol. The molecule has 0 saturated carbocycles. The van der Waals surface area contributed by atoms with Crippen LogP contribution in [0.25, 0.3) is 0 Å². The molecule has 1 aromatic rings. The van der Waals surface area contributed by atoms with Gasteiger partial charge in [-0.25, -0.2) is 15.0 Å². The summed E-state index contributed by atoms with van der Waals surface area (Å²) >= 11 is 0. The first-order chi connectivity index (χ1) is 10.8. The van der Waals surface area contributed by atoms with Crippen molar-refractivity contribution in [2.24, 2.45) is 5.92 Å². The smallest absolute Gasteiger partial charge is 0.275 e. The lowest BCUT2D eigenvalue weighted by Crippen LogP contribution is -2.43. The lowest BCUT2D eigenvalue weighted by atomic mass is 9.92. The van der Waals surface area contributed by atoms with Crippen LogP contribution in [0.4, 0.5) is 5.95 Å². The Morgan fingerprint density at radius 2 is 2.14 bits per heavy atom. The molecule has 3 fully saturated rings. The summed E-state index contributed by atoms with van der Waals surface area (Å²) in [6.07, 6.45) is 5.94. The van der Waals surface area contributed by atoms with Crippen molar-refractivity contribution in [2.45, 2.75) is 31.5 Å². The quantitative estimate of drug-likeness (QED) is 0.798. The average molecular weight is 304 g/mol. The number of piperidine rings is 1. The number of rotatable bonds is 2. The van der Waals surface area contributed by atoms with Crippen molar-refractivity contribution in [3.8, 4) is 0 Å². The summed E-state index contributed by atoms with van der Waals surface area (Å²) in [7, 11) is 0. The highest BCUT2D eigenvalue weighted by Crippen LogP contribution is 2.35. The highest BCUT2D eigenvalue weighted by atomic mass is 16.7. The van der Waals surface area contributed by atoms with Gasteiger partial charge in [-0.3, -0.25) is 9.63 Å². The molecule has 4 heterocycles.